The van der Waals surface area contributed by atoms with E-state index in [1.807, 2.05) is 0 Å². The van der Waals surface area contributed by atoms with Crippen LogP contribution in [0.25, 0.3) is 0 Å². The molecule has 0 aliphatic rings. The maximum absolute atomic E-state index is 12.3. The van der Waals surface area contributed by atoms with E-state index in [9.17, 15) is 34.5 Å². The Morgan fingerprint density at radius 1 is 0.750 bits per heavy atom. The smallest absolute Gasteiger partial charge is 0.423 e. The molecule has 0 saturated carbocycles. The average Bonchev–Trinajstić information content (AvgIpc) is 2.77. The van der Waals surface area contributed by atoms with Crippen molar-refractivity contribution in [3.8, 4) is 0 Å². The van der Waals surface area contributed by atoms with Gasteiger partial charge in [0.1, 0.15) is 6.29 Å². The molecule has 0 unspecified atom stereocenters. The molecule has 32 heavy (non-hydrogen) atoms. The molecule has 0 heterocycles. The molecule has 0 saturated heterocycles. The van der Waals surface area contributed by atoms with Gasteiger partial charge in [0.15, 0.2) is 0 Å². The molecule has 0 aromatic heterocycles. The van der Waals surface area contributed by atoms with Crippen molar-refractivity contribution in [1.29, 1.82) is 0 Å². The van der Waals surface area contributed by atoms with Crippen molar-refractivity contribution in [3.05, 3.63) is 23.8 Å². The predicted molar refractivity (Wildman–Crippen MR) is 124 cm³/mol. The number of benzene rings is 1. The van der Waals surface area contributed by atoms with Crippen LogP contribution in [0.1, 0.15) is 74.6 Å². The summed E-state index contributed by atoms with van der Waals surface area (Å²) in [5.74, 6) is -0.483. The van der Waals surface area contributed by atoms with E-state index in [1.54, 1.807) is 0 Å². The molecule has 0 spiro atoms. The van der Waals surface area contributed by atoms with E-state index in [2.05, 4.69) is 10.6 Å². The SMILES string of the molecule is O=CCNC(=O)CCCCCCCCCCCNC(=O)c1cc(B(O)O)cc(B(O)O)c1. The van der Waals surface area contributed by atoms with Crippen LogP contribution in [-0.2, 0) is 9.59 Å². The second kappa shape index (κ2) is 16.4. The largest absolute Gasteiger partial charge is 0.488 e. The maximum atomic E-state index is 12.3. The first-order valence-corrected chi connectivity index (χ1v) is 11.2. The number of nitrogens with one attached hydrogen (secondary N) is 2. The van der Waals surface area contributed by atoms with E-state index in [0.29, 0.717) is 19.3 Å². The van der Waals surface area contributed by atoms with Crippen molar-refractivity contribution in [3.63, 3.8) is 0 Å². The van der Waals surface area contributed by atoms with Gasteiger partial charge in [0.05, 0.1) is 6.54 Å². The summed E-state index contributed by atoms with van der Waals surface area (Å²) >= 11 is 0. The van der Waals surface area contributed by atoms with Gasteiger partial charge in [0, 0.05) is 18.5 Å². The Morgan fingerprint density at radius 3 is 1.75 bits per heavy atom. The van der Waals surface area contributed by atoms with E-state index in [0.717, 1.165) is 57.8 Å². The minimum absolute atomic E-state index is 0.0157. The molecular weight excluding hydrogens is 414 g/mol. The van der Waals surface area contributed by atoms with Gasteiger partial charge in [-0.2, -0.15) is 0 Å². The highest BCUT2D eigenvalue weighted by Gasteiger charge is 2.20. The molecule has 0 radical (unpaired) electrons. The van der Waals surface area contributed by atoms with Crippen LogP contribution in [0.15, 0.2) is 18.2 Å². The first kappa shape index (κ1) is 27.8. The predicted octanol–water partition coefficient (Wildman–Crippen LogP) is -1.01. The maximum Gasteiger partial charge on any atom is 0.488 e. The number of amides is 2. The summed E-state index contributed by atoms with van der Waals surface area (Å²) in [4.78, 5) is 33.8. The number of carbonyl (C=O) groups excluding carboxylic acids is 3. The fraction of sp³-hybridized carbons (Fsp3) is 0.571. The van der Waals surface area contributed by atoms with Gasteiger partial charge in [-0.3, -0.25) is 9.59 Å². The van der Waals surface area contributed by atoms with Crippen LogP contribution in [0.5, 0.6) is 0 Å². The van der Waals surface area contributed by atoms with Crippen LogP contribution >= 0.6 is 0 Å². The summed E-state index contributed by atoms with van der Waals surface area (Å²) in [5, 5.41) is 42.5. The molecule has 0 aliphatic heterocycles. The number of hydrogen-bond donors (Lipinski definition) is 6. The van der Waals surface area contributed by atoms with Crippen LogP contribution < -0.4 is 21.6 Å². The molecular formula is C21H34B2N2O7. The first-order chi connectivity index (χ1) is 15.3. The van der Waals surface area contributed by atoms with Gasteiger partial charge >= 0.3 is 14.2 Å². The van der Waals surface area contributed by atoms with Gasteiger partial charge in [0.2, 0.25) is 5.91 Å². The van der Waals surface area contributed by atoms with Crippen LogP contribution in [0, 0.1) is 0 Å². The third kappa shape index (κ3) is 12.0. The Balaban J connectivity index is 2.11. The summed E-state index contributed by atoms with van der Waals surface area (Å²) in [5.41, 5.74) is 0.170. The quantitative estimate of drug-likeness (QED) is 0.101. The van der Waals surface area contributed by atoms with Gasteiger partial charge < -0.3 is 35.5 Å². The monoisotopic (exact) mass is 448 g/mol. The van der Waals surface area contributed by atoms with E-state index >= 15 is 0 Å². The zero-order chi connectivity index (χ0) is 23.8. The zero-order valence-electron chi connectivity index (χ0n) is 18.5. The third-order valence-electron chi connectivity index (χ3n) is 5.08. The highest BCUT2D eigenvalue weighted by molar-refractivity contribution is 6.62. The van der Waals surface area contributed by atoms with Gasteiger partial charge in [-0.05, 0) is 35.9 Å². The molecule has 9 nitrogen and oxygen atoms in total. The molecule has 0 aliphatic carbocycles. The van der Waals surface area contributed by atoms with Crippen LogP contribution in [0.2, 0.25) is 0 Å². The average molecular weight is 448 g/mol. The minimum atomic E-state index is -1.81. The van der Waals surface area contributed by atoms with Crippen molar-refractivity contribution >= 4 is 43.3 Å². The fourth-order valence-electron chi connectivity index (χ4n) is 3.30. The summed E-state index contributed by atoms with van der Waals surface area (Å²) < 4.78 is 0. The molecule has 0 atom stereocenters. The lowest BCUT2D eigenvalue weighted by Crippen LogP contribution is -2.40. The summed E-state index contributed by atoms with van der Waals surface area (Å²) in [6, 6.07) is 3.84. The molecule has 0 bridgehead atoms. The van der Waals surface area contributed by atoms with Gasteiger partial charge in [-0.1, -0.05) is 51.0 Å². The van der Waals surface area contributed by atoms with Crippen molar-refractivity contribution in [2.75, 3.05) is 13.1 Å². The van der Waals surface area contributed by atoms with Crippen molar-refractivity contribution in [2.24, 2.45) is 0 Å². The summed E-state index contributed by atoms with van der Waals surface area (Å²) in [7, 11) is -3.62. The zero-order valence-corrected chi connectivity index (χ0v) is 18.5. The third-order valence-corrected chi connectivity index (χ3v) is 5.08. The molecule has 1 aromatic carbocycles. The molecule has 6 N–H and O–H groups in total. The van der Waals surface area contributed by atoms with E-state index in [-0.39, 0.29) is 28.9 Å². The Hall–Kier alpha value is -2.20. The number of rotatable bonds is 17. The number of aldehydes is 1. The molecule has 1 rings (SSSR count). The van der Waals surface area contributed by atoms with E-state index in [4.69, 9.17) is 0 Å². The normalized spacial score (nSPS) is 10.5. The van der Waals surface area contributed by atoms with Crippen LogP contribution in [-0.4, -0.2) is 65.5 Å². The molecule has 11 heteroatoms. The fourth-order valence-corrected chi connectivity index (χ4v) is 3.30. The Labute approximate surface area is 189 Å². The Morgan fingerprint density at radius 2 is 1.25 bits per heavy atom. The number of unbranched alkanes of at least 4 members (excludes halogenated alkanes) is 8. The first-order valence-electron chi connectivity index (χ1n) is 11.2. The summed E-state index contributed by atoms with van der Waals surface area (Å²) in [6.07, 6.45) is 10.3. The standard InChI is InChI=1S/C21H34B2N2O7/c26-13-12-24-20(27)10-8-6-4-2-1-3-5-7-9-11-25-21(28)17-14-18(22(29)30)16-19(15-17)23(31)32/h13-16,29-32H,1-12H2,(H,24,27)(H,25,28). The lowest BCUT2D eigenvalue weighted by atomic mass is 9.72. The van der Waals surface area contributed by atoms with Crippen molar-refractivity contribution in [1.82, 2.24) is 10.6 Å². The number of hydrogen-bond acceptors (Lipinski definition) is 7. The second-order valence-electron chi connectivity index (χ2n) is 7.79. The second-order valence-corrected chi connectivity index (χ2v) is 7.79. The Kier molecular flexibility index (Phi) is 14.3. The highest BCUT2D eigenvalue weighted by Crippen LogP contribution is 2.10. The highest BCUT2D eigenvalue weighted by atomic mass is 16.4. The topological polar surface area (TPSA) is 156 Å². The number of carbonyl (C=O) groups is 3. The van der Waals surface area contributed by atoms with E-state index in [1.165, 1.54) is 18.2 Å². The lowest BCUT2D eigenvalue weighted by molar-refractivity contribution is -0.122. The molecule has 0 fully saturated rings. The van der Waals surface area contributed by atoms with Crippen molar-refractivity contribution in [2.45, 2.75) is 64.2 Å². The van der Waals surface area contributed by atoms with Gasteiger partial charge in [-0.25, -0.2) is 0 Å². The van der Waals surface area contributed by atoms with Crippen molar-refractivity contribution < 1.29 is 34.5 Å². The summed E-state index contributed by atoms with van der Waals surface area (Å²) in [6.45, 7) is 0.562. The van der Waals surface area contributed by atoms with E-state index < -0.39 is 20.1 Å². The molecule has 176 valence electrons. The lowest BCUT2D eigenvalue weighted by Gasteiger charge is -2.10. The van der Waals surface area contributed by atoms with Crippen LogP contribution in [0.3, 0.4) is 0 Å². The Bertz CT molecular complexity index is 691. The van der Waals surface area contributed by atoms with Crippen LogP contribution in [0.4, 0.5) is 0 Å². The van der Waals surface area contributed by atoms with Gasteiger partial charge in [0.25, 0.3) is 5.91 Å². The van der Waals surface area contributed by atoms with Gasteiger partial charge in [-0.15, -0.1) is 0 Å². The molecule has 2 amide bonds. The molecule has 1 aromatic rings. The minimum Gasteiger partial charge on any atom is -0.423 e.